The number of likely N-dealkylation sites (tertiary alicyclic amines) is 1. The van der Waals surface area contributed by atoms with E-state index in [1.54, 1.807) is 0 Å². The molecule has 0 radical (unpaired) electrons. The highest BCUT2D eigenvalue weighted by Crippen LogP contribution is 2.21. The van der Waals surface area contributed by atoms with E-state index in [1.807, 2.05) is 12.3 Å². The molecule has 8 nitrogen and oxygen atoms in total. The molecule has 4 amide bonds. The van der Waals surface area contributed by atoms with Crippen LogP contribution in [0.5, 0.6) is 0 Å². The monoisotopic (exact) mass is 353 g/mol. The van der Waals surface area contributed by atoms with Crippen molar-refractivity contribution in [3.8, 4) is 0 Å². The molecule has 2 heterocycles. The van der Waals surface area contributed by atoms with Crippen molar-refractivity contribution in [1.82, 2.24) is 20.5 Å². The number of amides is 4. The van der Waals surface area contributed by atoms with Gasteiger partial charge in [0, 0.05) is 31.3 Å². The number of anilines is 1. The first-order valence-corrected chi connectivity index (χ1v) is 8.83. The van der Waals surface area contributed by atoms with Crippen LogP contribution in [0.15, 0.2) is 5.38 Å². The predicted octanol–water partition coefficient (Wildman–Crippen LogP) is 0.948. The highest BCUT2D eigenvalue weighted by Gasteiger charge is 2.25. The summed E-state index contributed by atoms with van der Waals surface area (Å²) in [6.45, 7) is 4.01. The molecule has 0 saturated carbocycles. The number of imide groups is 1. The SMILES string of the molecule is CNC(=O)NC(=O)CCN1CCC(C(=O)Nc2nc(C)cs2)CC1. The Bertz CT molecular complexity index is 596. The van der Waals surface area contributed by atoms with Crippen LogP contribution in [0, 0.1) is 12.8 Å². The summed E-state index contributed by atoms with van der Waals surface area (Å²) in [6, 6.07) is -0.493. The maximum atomic E-state index is 12.2. The van der Waals surface area contributed by atoms with Gasteiger partial charge in [-0.2, -0.15) is 0 Å². The molecule has 1 aromatic rings. The maximum absolute atomic E-state index is 12.2. The fourth-order valence-corrected chi connectivity index (χ4v) is 3.24. The minimum Gasteiger partial charge on any atom is -0.341 e. The van der Waals surface area contributed by atoms with Crippen molar-refractivity contribution in [2.24, 2.45) is 5.92 Å². The van der Waals surface area contributed by atoms with E-state index in [4.69, 9.17) is 0 Å². The van der Waals surface area contributed by atoms with E-state index >= 15 is 0 Å². The first-order chi connectivity index (χ1) is 11.5. The number of hydrogen-bond donors (Lipinski definition) is 3. The summed E-state index contributed by atoms with van der Waals surface area (Å²) in [4.78, 5) is 41.2. The molecule has 9 heteroatoms. The molecule has 1 fully saturated rings. The number of aromatic nitrogens is 1. The number of hydrogen-bond acceptors (Lipinski definition) is 6. The Hall–Kier alpha value is -2.00. The van der Waals surface area contributed by atoms with Gasteiger partial charge in [0.05, 0.1) is 5.69 Å². The number of nitrogens with one attached hydrogen (secondary N) is 3. The number of thiazole rings is 1. The van der Waals surface area contributed by atoms with E-state index in [1.165, 1.54) is 18.4 Å². The standard InChI is InChI=1S/C15H23N5O3S/c1-10-9-24-15(17-10)19-13(22)11-3-6-20(7-4-11)8-5-12(21)18-14(23)16-2/h9,11H,3-8H2,1-2H3,(H,17,19,22)(H2,16,18,21,23). The molecule has 1 aliphatic rings. The summed E-state index contributed by atoms with van der Waals surface area (Å²) in [7, 11) is 1.46. The lowest BCUT2D eigenvalue weighted by atomic mass is 9.96. The molecule has 0 bridgehead atoms. The molecule has 2 rings (SSSR count). The first-order valence-electron chi connectivity index (χ1n) is 7.95. The van der Waals surface area contributed by atoms with Gasteiger partial charge in [-0.05, 0) is 32.9 Å². The zero-order valence-corrected chi connectivity index (χ0v) is 14.7. The predicted molar refractivity (Wildman–Crippen MR) is 91.9 cm³/mol. The third-order valence-corrected chi connectivity index (χ3v) is 4.82. The van der Waals surface area contributed by atoms with Crippen molar-refractivity contribution in [3.05, 3.63) is 11.1 Å². The third kappa shape index (κ3) is 5.57. The van der Waals surface area contributed by atoms with Gasteiger partial charge in [0.1, 0.15) is 0 Å². The average molecular weight is 353 g/mol. The van der Waals surface area contributed by atoms with Crippen LogP contribution in [0.3, 0.4) is 0 Å². The van der Waals surface area contributed by atoms with Gasteiger partial charge < -0.3 is 15.5 Å². The van der Waals surface area contributed by atoms with E-state index in [9.17, 15) is 14.4 Å². The summed E-state index contributed by atoms with van der Waals surface area (Å²) >= 11 is 1.43. The van der Waals surface area contributed by atoms with E-state index in [2.05, 4.69) is 25.8 Å². The van der Waals surface area contributed by atoms with Gasteiger partial charge in [-0.25, -0.2) is 9.78 Å². The summed E-state index contributed by atoms with van der Waals surface area (Å²) in [6.07, 6.45) is 1.78. The Morgan fingerprint density at radius 3 is 2.62 bits per heavy atom. The lowest BCUT2D eigenvalue weighted by molar-refractivity contribution is -0.122. The maximum Gasteiger partial charge on any atom is 0.321 e. The van der Waals surface area contributed by atoms with Crippen molar-refractivity contribution < 1.29 is 14.4 Å². The quantitative estimate of drug-likeness (QED) is 0.731. The molecule has 3 N–H and O–H groups in total. The van der Waals surface area contributed by atoms with Crippen LogP contribution in [0.4, 0.5) is 9.93 Å². The fraction of sp³-hybridized carbons (Fsp3) is 0.600. The molecular weight excluding hydrogens is 330 g/mol. The Balaban J connectivity index is 1.68. The largest absolute Gasteiger partial charge is 0.341 e. The Kier molecular flexibility index (Phi) is 6.68. The van der Waals surface area contributed by atoms with Crippen LogP contribution in [-0.2, 0) is 9.59 Å². The number of carbonyl (C=O) groups excluding carboxylic acids is 3. The van der Waals surface area contributed by atoms with Gasteiger partial charge in [0.15, 0.2) is 5.13 Å². The molecule has 132 valence electrons. The molecule has 0 atom stereocenters. The molecule has 0 spiro atoms. The van der Waals surface area contributed by atoms with Gasteiger partial charge in [0.2, 0.25) is 11.8 Å². The van der Waals surface area contributed by atoms with E-state index in [-0.39, 0.29) is 24.2 Å². The third-order valence-electron chi connectivity index (χ3n) is 3.94. The molecular formula is C15H23N5O3S. The second-order valence-electron chi connectivity index (χ2n) is 5.78. The van der Waals surface area contributed by atoms with Crippen LogP contribution in [0.1, 0.15) is 25.0 Å². The Labute approximate surface area is 145 Å². The van der Waals surface area contributed by atoms with Crippen LogP contribution < -0.4 is 16.0 Å². The highest BCUT2D eigenvalue weighted by molar-refractivity contribution is 7.13. The minimum absolute atomic E-state index is 0.0151. The molecule has 1 saturated heterocycles. The summed E-state index contributed by atoms with van der Waals surface area (Å²) in [5.41, 5.74) is 0.903. The number of piperidine rings is 1. The van der Waals surface area contributed by atoms with Crippen LogP contribution in [-0.4, -0.2) is 54.4 Å². The van der Waals surface area contributed by atoms with E-state index in [0.29, 0.717) is 11.7 Å². The van der Waals surface area contributed by atoms with Crippen molar-refractivity contribution >= 4 is 34.3 Å². The Morgan fingerprint density at radius 2 is 2.04 bits per heavy atom. The lowest BCUT2D eigenvalue weighted by Crippen LogP contribution is -2.42. The molecule has 1 aliphatic heterocycles. The molecule has 0 aromatic carbocycles. The van der Waals surface area contributed by atoms with Gasteiger partial charge in [-0.15, -0.1) is 11.3 Å². The number of aryl methyl sites for hydroxylation is 1. The molecule has 24 heavy (non-hydrogen) atoms. The molecule has 1 aromatic heterocycles. The van der Waals surface area contributed by atoms with Gasteiger partial charge in [0.25, 0.3) is 0 Å². The first kappa shape index (κ1) is 18.3. The number of carbonyl (C=O) groups is 3. The molecule has 0 unspecified atom stereocenters. The van der Waals surface area contributed by atoms with E-state index < -0.39 is 6.03 Å². The van der Waals surface area contributed by atoms with Crippen molar-refractivity contribution in [3.63, 3.8) is 0 Å². The van der Waals surface area contributed by atoms with Gasteiger partial charge in [-0.3, -0.25) is 14.9 Å². The van der Waals surface area contributed by atoms with Gasteiger partial charge >= 0.3 is 6.03 Å². The summed E-state index contributed by atoms with van der Waals surface area (Å²) < 4.78 is 0. The van der Waals surface area contributed by atoms with Crippen LogP contribution >= 0.6 is 11.3 Å². The summed E-state index contributed by atoms with van der Waals surface area (Å²) in [5.74, 6) is -0.306. The van der Waals surface area contributed by atoms with Crippen molar-refractivity contribution in [1.29, 1.82) is 0 Å². The second kappa shape index (κ2) is 8.74. The second-order valence-corrected chi connectivity index (χ2v) is 6.63. The Morgan fingerprint density at radius 1 is 1.33 bits per heavy atom. The van der Waals surface area contributed by atoms with Crippen LogP contribution in [0.25, 0.3) is 0 Å². The number of nitrogens with zero attached hydrogens (tertiary/aromatic N) is 2. The number of urea groups is 1. The highest BCUT2D eigenvalue weighted by atomic mass is 32.1. The fourth-order valence-electron chi connectivity index (χ4n) is 2.55. The van der Waals surface area contributed by atoms with Gasteiger partial charge in [-0.1, -0.05) is 0 Å². The smallest absolute Gasteiger partial charge is 0.321 e. The summed E-state index contributed by atoms with van der Waals surface area (Å²) in [5, 5.41) is 10.00. The zero-order valence-electron chi connectivity index (χ0n) is 13.9. The lowest BCUT2D eigenvalue weighted by Gasteiger charge is -2.30. The average Bonchev–Trinajstić information content (AvgIpc) is 2.98. The van der Waals surface area contributed by atoms with Crippen molar-refractivity contribution in [2.45, 2.75) is 26.2 Å². The topological polar surface area (TPSA) is 103 Å². The molecule has 0 aliphatic carbocycles. The number of rotatable bonds is 5. The minimum atomic E-state index is -0.493. The normalized spacial score (nSPS) is 15.8. The van der Waals surface area contributed by atoms with Crippen LogP contribution in [0.2, 0.25) is 0 Å². The van der Waals surface area contributed by atoms with E-state index in [0.717, 1.165) is 31.6 Å². The van der Waals surface area contributed by atoms with Crippen molar-refractivity contribution in [2.75, 3.05) is 32.0 Å². The zero-order chi connectivity index (χ0) is 17.5.